The van der Waals surface area contributed by atoms with Gasteiger partial charge in [0.15, 0.2) is 0 Å². The third-order valence-electron chi connectivity index (χ3n) is 2.48. The summed E-state index contributed by atoms with van der Waals surface area (Å²) >= 11 is 4.89. The van der Waals surface area contributed by atoms with Crippen molar-refractivity contribution in [2.24, 2.45) is 5.73 Å². The van der Waals surface area contributed by atoms with Crippen molar-refractivity contribution in [1.29, 1.82) is 0 Å². The monoisotopic (exact) mass is 276 g/mol. The van der Waals surface area contributed by atoms with Gasteiger partial charge in [-0.1, -0.05) is 12.2 Å². The number of benzene rings is 1. The Kier molecular flexibility index (Phi) is 3.76. The zero-order chi connectivity index (χ0) is 13.8. The first-order valence-electron chi connectivity index (χ1n) is 5.40. The molecule has 2 rings (SSSR count). The molecule has 1 aromatic heterocycles. The molecule has 0 spiro atoms. The summed E-state index contributed by atoms with van der Waals surface area (Å²) in [6.45, 7) is 0. The molecule has 0 aliphatic rings. The van der Waals surface area contributed by atoms with E-state index in [9.17, 15) is 4.79 Å². The molecular formula is C12H12N4O2S. The first-order valence-corrected chi connectivity index (χ1v) is 5.81. The van der Waals surface area contributed by atoms with Crippen LogP contribution in [-0.4, -0.2) is 28.2 Å². The van der Waals surface area contributed by atoms with Crippen molar-refractivity contribution in [1.82, 2.24) is 10.2 Å². The van der Waals surface area contributed by atoms with Gasteiger partial charge in [-0.2, -0.15) is 5.10 Å². The van der Waals surface area contributed by atoms with Crippen molar-refractivity contribution in [3.63, 3.8) is 0 Å². The third-order valence-corrected chi connectivity index (χ3v) is 2.72. The molecule has 1 aromatic carbocycles. The molecule has 2 aromatic rings. The summed E-state index contributed by atoms with van der Waals surface area (Å²) in [5.74, 6) is 0.178. The van der Waals surface area contributed by atoms with E-state index >= 15 is 0 Å². The molecule has 98 valence electrons. The average molecular weight is 276 g/mol. The number of carbonyl (C=O) groups is 1. The second-order valence-corrected chi connectivity index (χ2v) is 4.14. The minimum absolute atomic E-state index is 0.268. The zero-order valence-corrected chi connectivity index (χ0v) is 11.0. The first-order chi connectivity index (χ1) is 9.11. The number of aromatic nitrogens is 2. The smallest absolute Gasteiger partial charge is 0.273 e. The molecule has 1 heterocycles. The molecule has 1 amide bonds. The average Bonchev–Trinajstić information content (AvgIpc) is 2.92. The summed E-state index contributed by atoms with van der Waals surface area (Å²) in [6, 6.07) is 6.64. The van der Waals surface area contributed by atoms with Crippen molar-refractivity contribution < 1.29 is 9.53 Å². The number of rotatable bonds is 4. The number of nitrogens with two attached hydrogens (primary N) is 1. The minimum Gasteiger partial charge on any atom is -0.495 e. The van der Waals surface area contributed by atoms with E-state index in [2.05, 4.69) is 15.5 Å². The molecule has 0 fully saturated rings. The standard InChI is InChI=1S/C12H12N4O2S/c1-18-10-6-7(11(13)19)2-3-8(10)15-12(17)9-4-5-14-16-9/h2-6H,1H3,(H2,13,19)(H,14,16)(H,15,17). The Morgan fingerprint density at radius 1 is 1.47 bits per heavy atom. The topological polar surface area (TPSA) is 93.0 Å². The Balaban J connectivity index is 2.25. The quantitative estimate of drug-likeness (QED) is 0.732. The molecular weight excluding hydrogens is 264 g/mol. The number of hydrogen-bond donors (Lipinski definition) is 3. The number of H-pyrrole nitrogens is 1. The van der Waals surface area contributed by atoms with Crippen LogP contribution in [0.3, 0.4) is 0 Å². The summed E-state index contributed by atoms with van der Waals surface area (Å²) in [5.41, 5.74) is 7.10. The van der Waals surface area contributed by atoms with Crippen molar-refractivity contribution in [3.8, 4) is 5.75 Å². The van der Waals surface area contributed by atoms with Gasteiger partial charge in [0.1, 0.15) is 16.4 Å². The van der Waals surface area contributed by atoms with Gasteiger partial charge in [-0.25, -0.2) is 0 Å². The van der Waals surface area contributed by atoms with Crippen LogP contribution in [-0.2, 0) is 0 Å². The maximum Gasteiger partial charge on any atom is 0.273 e. The Labute approximate surface area is 115 Å². The highest BCUT2D eigenvalue weighted by Crippen LogP contribution is 2.25. The van der Waals surface area contributed by atoms with E-state index in [4.69, 9.17) is 22.7 Å². The largest absolute Gasteiger partial charge is 0.495 e. The van der Waals surface area contributed by atoms with Crippen LogP contribution in [0.15, 0.2) is 30.5 Å². The van der Waals surface area contributed by atoms with Gasteiger partial charge in [-0.3, -0.25) is 9.89 Å². The number of hydrogen-bond acceptors (Lipinski definition) is 4. The van der Waals surface area contributed by atoms with Gasteiger partial charge in [0.2, 0.25) is 0 Å². The minimum atomic E-state index is -0.307. The Bertz CT molecular complexity index is 610. The fourth-order valence-corrected chi connectivity index (χ4v) is 1.65. The predicted octanol–water partition coefficient (Wildman–Crippen LogP) is 1.30. The second-order valence-electron chi connectivity index (χ2n) is 3.70. The van der Waals surface area contributed by atoms with Crippen LogP contribution in [0, 0.1) is 0 Å². The number of thiocarbonyl (C=S) groups is 1. The summed E-state index contributed by atoms with van der Waals surface area (Å²) in [4.78, 5) is 12.1. The maximum atomic E-state index is 11.9. The molecule has 7 heteroatoms. The van der Waals surface area contributed by atoms with Gasteiger partial charge in [0.25, 0.3) is 5.91 Å². The van der Waals surface area contributed by atoms with E-state index in [1.54, 1.807) is 24.3 Å². The van der Waals surface area contributed by atoms with E-state index in [0.29, 0.717) is 22.7 Å². The summed E-state index contributed by atoms with van der Waals surface area (Å²) in [6.07, 6.45) is 1.50. The Hall–Kier alpha value is -2.41. The number of nitrogens with zero attached hydrogens (tertiary/aromatic N) is 1. The highest BCUT2D eigenvalue weighted by atomic mass is 32.1. The van der Waals surface area contributed by atoms with Crippen LogP contribution < -0.4 is 15.8 Å². The molecule has 0 saturated heterocycles. The molecule has 0 atom stereocenters. The fourth-order valence-electron chi connectivity index (χ4n) is 1.52. The summed E-state index contributed by atoms with van der Waals surface area (Å²) < 4.78 is 5.20. The Morgan fingerprint density at radius 2 is 2.26 bits per heavy atom. The first kappa shape index (κ1) is 13.0. The molecule has 19 heavy (non-hydrogen) atoms. The lowest BCUT2D eigenvalue weighted by atomic mass is 10.2. The Morgan fingerprint density at radius 3 is 2.84 bits per heavy atom. The van der Waals surface area contributed by atoms with Crippen molar-refractivity contribution >= 4 is 28.8 Å². The van der Waals surface area contributed by atoms with Crippen molar-refractivity contribution in [3.05, 3.63) is 41.7 Å². The number of ether oxygens (including phenoxy) is 1. The van der Waals surface area contributed by atoms with Gasteiger partial charge in [-0.15, -0.1) is 0 Å². The SMILES string of the molecule is COc1cc(C(N)=S)ccc1NC(=O)c1ccn[nH]1. The lowest BCUT2D eigenvalue weighted by molar-refractivity contribution is 0.102. The maximum absolute atomic E-state index is 11.9. The van der Waals surface area contributed by atoms with E-state index in [1.165, 1.54) is 13.3 Å². The van der Waals surface area contributed by atoms with E-state index in [-0.39, 0.29) is 10.9 Å². The van der Waals surface area contributed by atoms with Gasteiger partial charge >= 0.3 is 0 Å². The zero-order valence-electron chi connectivity index (χ0n) is 10.1. The van der Waals surface area contributed by atoms with Crippen LogP contribution in [0.1, 0.15) is 16.1 Å². The summed E-state index contributed by atoms with van der Waals surface area (Å²) in [5, 5.41) is 9.01. The van der Waals surface area contributed by atoms with Gasteiger partial charge < -0.3 is 15.8 Å². The fraction of sp³-hybridized carbons (Fsp3) is 0.0833. The van der Waals surface area contributed by atoms with E-state index in [0.717, 1.165) is 0 Å². The lowest BCUT2D eigenvalue weighted by Crippen LogP contribution is -2.14. The van der Waals surface area contributed by atoms with Gasteiger partial charge in [-0.05, 0) is 24.3 Å². The van der Waals surface area contributed by atoms with Crippen LogP contribution in [0.5, 0.6) is 5.75 Å². The van der Waals surface area contributed by atoms with E-state index < -0.39 is 0 Å². The second kappa shape index (κ2) is 5.49. The third kappa shape index (κ3) is 2.89. The number of nitrogens with one attached hydrogen (secondary N) is 2. The number of carbonyl (C=O) groups excluding carboxylic acids is 1. The lowest BCUT2D eigenvalue weighted by Gasteiger charge is -2.11. The highest BCUT2D eigenvalue weighted by molar-refractivity contribution is 7.80. The van der Waals surface area contributed by atoms with E-state index in [1.807, 2.05) is 0 Å². The molecule has 0 unspecified atom stereocenters. The van der Waals surface area contributed by atoms with Crippen LogP contribution >= 0.6 is 12.2 Å². The molecule has 0 bridgehead atoms. The molecule has 0 saturated carbocycles. The van der Waals surface area contributed by atoms with Crippen LogP contribution in [0.25, 0.3) is 0 Å². The highest BCUT2D eigenvalue weighted by Gasteiger charge is 2.11. The summed E-state index contributed by atoms with van der Waals surface area (Å²) in [7, 11) is 1.50. The number of methoxy groups -OCH3 is 1. The molecule has 0 aliphatic carbocycles. The molecule has 6 nitrogen and oxygen atoms in total. The number of amides is 1. The molecule has 0 aliphatic heterocycles. The van der Waals surface area contributed by atoms with Crippen LogP contribution in [0.2, 0.25) is 0 Å². The van der Waals surface area contributed by atoms with Gasteiger partial charge in [0.05, 0.1) is 12.8 Å². The van der Waals surface area contributed by atoms with Crippen molar-refractivity contribution in [2.75, 3.05) is 12.4 Å². The van der Waals surface area contributed by atoms with Crippen molar-refractivity contribution in [2.45, 2.75) is 0 Å². The number of anilines is 1. The predicted molar refractivity (Wildman–Crippen MR) is 75.4 cm³/mol. The van der Waals surface area contributed by atoms with Gasteiger partial charge in [0, 0.05) is 11.8 Å². The van der Waals surface area contributed by atoms with Crippen LogP contribution in [0.4, 0.5) is 5.69 Å². The molecule has 4 N–H and O–H groups in total. The normalized spacial score (nSPS) is 9.95. The number of aromatic amines is 1. The molecule has 0 radical (unpaired) electrons.